The lowest BCUT2D eigenvalue weighted by molar-refractivity contribution is -0.121. The van der Waals surface area contributed by atoms with Crippen molar-refractivity contribution in [2.75, 3.05) is 31.5 Å². The summed E-state index contributed by atoms with van der Waals surface area (Å²) in [7, 11) is 0. The summed E-state index contributed by atoms with van der Waals surface area (Å²) in [5.41, 5.74) is 4.01. The molecule has 5 nitrogen and oxygen atoms in total. The van der Waals surface area contributed by atoms with Crippen LogP contribution in [0, 0.1) is 19.8 Å². The average Bonchev–Trinajstić information content (AvgIpc) is 2.82. The van der Waals surface area contributed by atoms with Crippen molar-refractivity contribution in [1.82, 2.24) is 9.80 Å². The molecule has 0 atom stereocenters. The summed E-state index contributed by atoms with van der Waals surface area (Å²) >= 11 is 5.93. The molecule has 0 spiro atoms. The van der Waals surface area contributed by atoms with Crippen LogP contribution in [-0.2, 0) is 4.79 Å². The number of nitrogens with zero attached hydrogens (tertiary/aromatic N) is 2. The van der Waals surface area contributed by atoms with E-state index in [1.807, 2.05) is 17.0 Å². The summed E-state index contributed by atoms with van der Waals surface area (Å²) in [4.78, 5) is 29.9. The number of nitrogens with one attached hydrogen (secondary N) is 1. The molecule has 2 amide bonds. The fourth-order valence-electron chi connectivity index (χ4n) is 4.80. The maximum atomic E-state index is 12.7. The number of aryl methyl sites for hydroxylation is 2. The van der Waals surface area contributed by atoms with E-state index in [2.05, 4.69) is 30.1 Å². The van der Waals surface area contributed by atoms with Crippen LogP contribution in [0.3, 0.4) is 0 Å². The van der Waals surface area contributed by atoms with Gasteiger partial charge in [0.05, 0.1) is 0 Å². The van der Waals surface area contributed by atoms with Crippen LogP contribution in [-0.4, -0.2) is 53.8 Å². The summed E-state index contributed by atoms with van der Waals surface area (Å²) < 4.78 is 0. The highest BCUT2D eigenvalue weighted by atomic mass is 35.5. The number of hydrogen-bond acceptors (Lipinski definition) is 3. The Balaban J connectivity index is 1.23. The first-order valence-electron chi connectivity index (χ1n) is 11.6. The summed E-state index contributed by atoms with van der Waals surface area (Å²) in [6.45, 7) is 7.59. The van der Waals surface area contributed by atoms with Gasteiger partial charge in [-0.25, -0.2) is 0 Å². The summed E-state index contributed by atoms with van der Waals surface area (Å²) in [5.74, 6) is 0.289. The number of piperidine rings is 2. The Hall–Kier alpha value is -2.37. The fourth-order valence-corrected chi connectivity index (χ4v) is 4.93. The molecule has 170 valence electrons. The lowest BCUT2D eigenvalue weighted by Crippen LogP contribution is -2.49. The van der Waals surface area contributed by atoms with Crippen LogP contribution in [0.4, 0.5) is 5.69 Å². The van der Waals surface area contributed by atoms with Gasteiger partial charge in [0.25, 0.3) is 5.91 Å². The second kappa shape index (κ2) is 10.1. The lowest BCUT2D eigenvalue weighted by Gasteiger charge is -2.41. The van der Waals surface area contributed by atoms with E-state index < -0.39 is 0 Å². The standard InChI is InChI=1S/C26H32ClN3O2/c1-18-3-8-23(17-19(18)2)28-25(31)20-9-13-29(14-10-20)24-11-15-30(16-12-24)26(32)21-4-6-22(27)7-5-21/h3-8,17,20,24H,9-16H2,1-2H3,(H,28,31). The molecule has 0 bridgehead atoms. The highest BCUT2D eigenvalue weighted by molar-refractivity contribution is 6.30. The Bertz CT molecular complexity index is 960. The number of likely N-dealkylation sites (tertiary alicyclic amines) is 2. The minimum atomic E-state index is 0.0689. The van der Waals surface area contributed by atoms with Gasteiger partial charge in [0.15, 0.2) is 0 Å². The van der Waals surface area contributed by atoms with Crippen LogP contribution in [0.25, 0.3) is 0 Å². The number of rotatable bonds is 4. The quantitative estimate of drug-likeness (QED) is 0.715. The Labute approximate surface area is 195 Å². The third kappa shape index (κ3) is 5.33. The molecule has 2 aromatic rings. The van der Waals surface area contributed by atoms with E-state index in [1.54, 1.807) is 24.3 Å². The molecule has 0 aromatic heterocycles. The molecule has 2 saturated heterocycles. The molecule has 2 fully saturated rings. The molecular weight excluding hydrogens is 422 g/mol. The summed E-state index contributed by atoms with van der Waals surface area (Å²) in [6, 6.07) is 13.7. The monoisotopic (exact) mass is 453 g/mol. The topological polar surface area (TPSA) is 52.7 Å². The Morgan fingerprint density at radius 3 is 2.16 bits per heavy atom. The highest BCUT2D eigenvalue weighted by Crippen LogP contribution is 2.26. The van der Waals surface area contributed by atoms with E-state index in [4.69, 9.17) is 11.6 Å². The number of carbonyl (C=O) groups is 2. The van der Waals surface area contributed by atoms with Gasteiger partial charge in [-0.3, -0.25) is 9.59 Å². The van der Waals surface area contributed by atoms with Gasteiger partial charge in [0.2, 0.25) is 5.91 Å². The minimum absolute atomic E-state index is 0.0689. The Morgan fingerprint density at radius 1 is 0.875 bits per heavy atom. The zero-order valence-corrected chi connectivity index (χ0v) is 19.7. The fraction of sp³-hybridized carbons (Fsp3) is 0.462. The van der Waals surface area contributed by atoms with Crippen molar-refractivity contribution in [3.05, 3.63) is 64.2 Å². The van der Waals surface area contributed by atoms with E-state index >= 15 is 0 Å². The van der Waals surface area contributed by atoms with Crippen LogP contribution in [0.1, 0.15) is 47.2 Å². The van der Waals surface area contributed by atoms with Crippen molar-refractivity contribution in [2.24, 2.45) is 5.92 Å². The van der Waals surface area contributed by atoms with Gasteiger partial charge >= 0.3 is 0 Å². The van der Waals surface area contributed by atoms with Gasteiger partial charge in [-0.15, -0.1) is 0 Å². The van der Waals surface area contributed by atoms with Gasteiger partial charge in [-0.2, -0.15) is 0 Å². The van der Waals surface area contributed by atoms with Crippen molar-refractivity contribution in [3.63, 3.8) is 0 Å². The van der Waals surface area contributed by atoms with Crippen molar-refractivity contribution < 1.29 is 9.59 Å². The summed E-state index contributed by atoms with van der Waals surface area (Å²) in [5, 5.41) is 3.75. The first kappa shape index (κ1) is 22.8. The molecule has 0 radical (unpaired) electrons. The normalized spacial score (nSPS) is 18.5. The third-order valence-electron chi connectivity index (χ3n) is 7.03. The predicted octanol–water partition coefficient (Wildman–Crippen LogP) is 4.91. The van der Waals surface area contributed by atoms with Crippen molar-refractivity contribution in [1.29, 1.82) is 0 Å². The van der Waals surface area contributed by atoms with E-state index in [0.717, 1.165) is 57.5 Å². The second-order valence-electron chi connectivity index (χ2n) is 9.13. The molecule has 1 N–H and O–H groups in total. The van der Waals surface area contributed by atoms with Crippen LogP contribution in [0.5, 0.6) is 0 Å². The molecule has 2 aromatic carbocycles. The number of hydrogen-bond donors (Lipinski definition) is 1. The van der Waals surface area contributed by atoms with E-state index in [0.29, 0.717) is 16.6 Å². The molecule has 0 unspecified atom stereocenters. The molecule has 0 aliphatic carbocycles. The molecule has 2 aliphatic heterocycles. The van der Waals surface area contributed by atoms with Crippen LogP contribution < -0.4 is 5.32 Å². The molecule has 0 saturated carbocycles. The molecule has 2 heterocycles. The SMILES string of the molecule is Cc1ccc(NC(=O)C2CCN(C3CCN(C(=O)c4ccc(Cl)cc4)CC3)CC2)cc1C. The van der Waals surface area contributed by atoms with E-state index in [9.17, 15) is 9.59 Å². The molecule has 4 rings (SSSR count). The maximum Gasteiger partial charge on any atom is 0.253 e. The lowest BCUT2D eigenvalue weighted by atomic mass is 9.92. The first-order valence-corrected chi connectivity index (χ1v) is 12.0. The van der Waals surface area contributed by atoms with Gasteiger partial charge in [-0.1, -0.05) is 17.7 Å². The number of amides is 2. The highest BCUT2D eigenvalue weighted by Gasteiger charge is 2.32. The van der Waals surface area contributed by atoms with Gasteiger partial charge in [0, 0.05) is 41.3 Å². The third-order valence-corrected chi connectivity index (χ3v) is 7.29. The minimum Gasteiger partial charge on any atom is -0.339 e. The van der Waals surface area contributed by atoms with E-state index in [1.165, 1.54) is 11.1 Å². The maximum absolute atomic E-state index is 12.7. The van der Waals surface area contributed by atoms with Gasteiger partial charge < -0.3 is 15.1 Å². The van der Waals surface area contributed by atoms with Gasteiger partial charge in [-0.05, 0) is 100 Å². The van der Waals surface area contributed by atoms with Crippen LogP contribution in [0.15, 0.2) is 42.5 Å². The number of anilines is 1. The van der Waals surface area contributed by atoms with Crippen molar-refractivity contribution in [2.45, 2.75) is 45.6 Å². The first-order chi connectivity index (χ1) is 15.4. The van der Waals surface area contributed by atoms with Crippen LogP contribution in [0.2, 0.25) is 5.02 Å². The largest absolute Gasteiger partial charge is 0.339 e. The molecule has 6 heteroatoms. The average molecular weight is 454 g/mol. The second-order valence-corrected chi connectivity index (χ2v) is 9.57. The number of carbonyl (C=O) groups excluding carboxylic acids is 2. The molecular formula is C26H32ClN3O2. The smallest absolute Gasteiger partial charge is 0.253 e. The Morgan fingerprint density at radius 2 is 1.53 bits per heavy atom. The van der Waals surface area contributed by atoms with Crippen molar-refractivity contribution in [3.8, 4) is 0 Å². The van der Waals surface area contributed by atoms with Crippen molar-refractivity contribution >= 4 is 29.1 Å². The molecule has 2 aliphatic rings. The van der Waals surface area contributed by atoms with E-state index in [-0.39, 0.29) is 17.7 Å². The number of benzene rings is 2. The van der Waals surface area contributed by atoms with Crippen LogP contribution >= 0.6 is 11.6 Å². The van der Waals surface area contributed by atoms with Gasteiger partial charge in [0.1, 0.15) is 0 Å². The zero-order valence-electron chi connectivity index (χ0n) is 18.9. The Kier molecular flexibility index (Phi) is 7.17. The summed E-state index contributed by atoms with van der Waals surface area (Å²) in [6.07, 6.45) is 3.75. The zero-order chi connectivity index (χ0) is 22.7. The number of halogens is 1. The molecule has 32 heavy (non-hydrogen) atoms. The predicted molar refractivity (Wildman–Crippen MR) is 129 cm³/mol.